The second-order valence-corrected chi connectivity index (χ2v) is 5.04. The summed E-state index contributed by atoms with van der Waals surface area (Å²) in [6.07, 6.45) is 0.362. The molecular formula is C16H13F2NO. The fraction of sp³-hybridized carbons (Fsp3) is 0.188. The Bertz CT molecular complexity index is 697. The number of nitrogens with zero attached hydrogens (tertiary/aromatic N) is 1. The van der Waals surface area contributed by atoms with Gasteiger partial charge in [0.1, 0.15) is 0 Å². The second-order valence-electron chi connectivity index (χ2n) is 5.04. The maximum Gasteiger partial charge on any atom is 0.231 e. The molecule has 0 bridgehead atoms. The molecule has 0 aliphatic carbocycles. The molecular weight excluding hydrogens is 260 g/mol. The quantitative estimate of drug-likeness (QED) is 0.821. The number of rotatable bonds is 2. The van der Waals surface area contributed by atoms with Crippen LogP contribution in [0.15, 0.2) is 36.4 Å². The Labute approximate surface area is 115 Å². The third-order valence-corrected chi connectivity index (χ3v) is 3.49. The van der Waals surface area contributed by atoms with E-state index >= 15 is 0 Å². The highest BCUT2D eigenvalue weighted by molar-refractivity contribution is 6.01. The molecule has 3 rings (SSSR count). The van der Waals surface area contributed by atoms with Gasteiger partial charge in [-0.3, -0.25) is 4.79 Å². The minimum atomic E-state index is -0.890. The van der Waals surface area contributed by atoms with Gasteiger partial charge in [-0.25, -0.2) is 8.78 Å². The zero-order chi connectivity index (χ0) is 14.3. The van der Waals surface area contributed by atoms with Crippen molar-refractivity contribution in [1.82, 2.24) is 0 Å². The van der Waals surface area contributed by atoms with Crippen molar-refractivity contribution in [3.63, 3.8) is 0 Å². The molecule has 2 nitrogen and oxygen atoms in total. The van der Waals surface area contributed by atoms with Crippen LogP contribution in [0.4, 0.5) is 14.5 Å². The van der Waals surface area contributed by atoms with E-state index in [0.717, 1.165) is 28.9 Å². The molecule has 1 amide bonds. The highest BCUT2D eigenvalue weighted by Crippen LogP contribution is 2.31. The SMILES string of the molecule is Cc1ccc2c(c1)CC(=O)N2Cc1ccc(F)c(F)c1. The third-order valence-electron chi connectivity index (χ3n) is 3.49. The molecule has 102 valence electrons. The molecule has 20 heavy (non-hydrogen) atoms. The number of hydrogen-bond acceptors (Lipinski definition) is 1. The number of carbonyl (C=O) groups excluding carboxylic acids is 1. The number of aryl methyl sites for hydroxylation is 1. The summed E-state index contributed by atoms with van der Waals surface area (Å²) in [5, 5.41) is 0. The highest BCUT2D eigenvalue weighted by atomic mass is 19.2. The summed E-state index contributed by atoms with van der Waals surface area (Å²) in [5.74, 6) is -1.79. The molecule has 0 fully saturated rings. The molecule has 1 heterocycles. The third kappa shape index (κ3) is 2.18. The Kier molecular flexibility index (Phi) is 3.01. The fourth-order valence-electron chi connectivity index (χ4n) is 2.51. The predicted octanol–water partition coefficient (Wildman–Crippen LogP) is 3.36. The average Bonchev–Trinajstić information content (AvgIpc) is 2.69. The highest BCUT2D eigenvalue weighted by Gasteiger charge is 2.27. The maximum atomic E-state index is 13.2. The first-order valence-electron chi connectivity index (χ1n) is 6.38. The summed E-state index contributed by atoms with van der Waals surface area (Å²) in [6, 6.07) is 9.54. The second kappa shape index (κ2) is 4.71. The van der Waals surface area contributed by atoms with Gasteiger partial charge >= 0.3 is 0 Å². The van der Waals surface area contributed by atoms with Crippen molar-refractivity contribution >= 4 is 11.6 Å². The molecule has 0 saturated carbocycles. The molecule has 0 atom stereocenters. The van der Waals surface area contributed by atoms with Gasteiger partial charge in [-0.15, -0.1) is 0 Å². The van der Waals surface area contributed by atoms with Crippen LogP contribution in [0.5, 0.6) is 0 Å². The van der Waals surface area contributed by atoms with Crippen molar-refractivity contribution in [2.45, 2.75) is 19.9 Å². The van der Waals surface area contributed by atoms with Crippen molar-refractivity contribution in [3.05, 3.63) is 64.7 Å². The van der Waals surface area contributed by atoms with Crippen LogP contribution < -0.4 is 4.90 Å². The lowest BCUT2D eigenvalue weighted by Gasteiger charge is -2.17. The summed E-state index contributed by atoms with van der Waals surface area (Å²) in [4.78, 5) is 13.7. The zero-order valence-corrected chi connectivity index (χ0v) is 11.0. The number of amides is 1. The summed E-state index contributed by atoms with van der Waals surface area (Å²) >= 11 is 0. The monoisotopic (exact) mass is 273 g/mol. The Balaban J connectivity index is 1.92. The normalized spacial score (nSPS) is 13.8. The summed E-state index contributed by atoms with van der Waals surface area (Å²) in [5.41, 5.74) is 3.51. The largest absolute Gasteiger partial charge is 0.307 e. The van der Waals surface area contributed by atoms with E-state index in [4.69, 9.17) is 0 Å². The van der Waals surface area contributed by atoms with Crippen LogP contribution >= 0.6 is 0 Å². The van der Waals surface area contributed by atoms with Crippen molar-refractivity contribution < 1.29 is 13.6 Å². The van der Waals surface area contributed by atoms with E-state index in [0.29, 0.717) is 12.0 Å². The van der Waals surface area contributed by atoms with Crippen LogP contribution in [0.2, 0.25) is 0 Å². The van der Waals surface area contributed by atoms with Crippen molar-refractivity contribution in [1.29, 1.82) is 0 Å². The number of hydrogen-bond donors (Lipinski definition) is 0. The van der Waals surface area contributed by atoms with E-state index < -0.39 is 11.6 Å². The molecule has 0 unspecified atom stereocenters. The van der Waals surface area contributed by atoms with Gasteiger partial charge < -0.3 is 4.90 Å². The van der Waals surface area contributed by atoms with E-state index in [1.807, 2.05) is 25.1 Å². The van der Waals surface area contributed by atoms with Gasteiger partial charge in [-0.1, -0.05) is 23.8 Å². The van der Waals surface area contributed by atoms with Gasteiger partial charge in [0.25, 0.3) is 0 Å². The molecule has 0 aromatic heterocycles. The van der Waals surface area contributed by atoms with Gasteiger partial charge in [0.05, 0.1) is 13.0 Å². The number of halogens is 2. The first-order chi connectivity index (χ1) is 9.54. The number of carbonyl (C=O) groups is 1. The van der Waals surface area contributed by atoms with Crippen LogP contribution in [-0.4, -0.2) is 5.91 Å². The molecule has 2 aromatic carbocycles. The number of benzene rings is 2. The molecule has 0 saturated heterocycles. The van der Waals surface area contributed by atoms with Gasteiger partial charge in [-0.05, 0) is 36.2 Å². The smallest absolute Gasteiger partial charge is 0.231 e. The standard InChI is InChI=1S/C16H13F2NO/c1-10-2-5-15-12(6-10)8-16(20)19(15)9-11-3-4-13(17)14(18)7-11/h2-7H,8-9H2,1H3. The van der Waals surface area contributed by atoms with E-state index in [2.05, 4.69) is 0 Å². The lowest BCUT2D eigenvalue weighted by molar-refractivity contribution is -0.117. The molecule has 0 spiro atoms. The minimum absolute atomic E-state index is 0.0182. The van der Waals surface area contributed by atoms with Crippen molar-refractivity contribution in [3.8, 4) is 0 Å². The molecule has 0 radical (unpaired) electrons. The minimum Gasteiger partial charge on any atom is -0.307 e. The van der Waals surface area contributed by atoms with Gasteiger partial charge in [0.15, 0.2) is 11.6 Å². The maximum absolute atomic E-state index is 13.2. The number of anilines is 1. The lowest BCUT2D eigenvalue weighted by Crippen LogP contribution is -2.26. The van der Waals surface area contributed by atoms with E-state index in [1.54, 1.807) is 4.90 Å². The molecule has 1 aliphatic heterocycles. The molecule has 2 aromatic rings. The number of fused-ring (bicyclic) bond motifs is 1. The van der Waals surface area contributed by atoms with E-state index in [1.165, 1.54) is 6.07 Å². The van der Waals surface area contributed by atoms with Crippen molar-refractivity contribution in [2.24, 2.45) is 0 Å². The van der Waals surface area contributed by atoms with Gasteiger partial charge in [0.2, 0.25) is 5.91 Å². The zero-order valence-electron chi connectivity index (χ0n) is 11.0. The summed E-state index contributed by atoms with van der Waals surface area (Å²) in [6.45, 7) is 2.23. The van der Waals surface area contributed by atoms with E-state index in [9.17, 15) is 13.6 Å². The average molecular weight is 273 g/mol. The van der Waals surface area contributed by atoms with Crippen LogP contribution in [0.3, 0.4) is 0 Å². The Morgan fingerprint density at radius 1 is 1.10 bits per heavy atom. The van der Waals surface area contributed by atoms with Crippen LogP contribution in [0.1, 0.15) is 16.7 Å². The Hall–Kier alpha value is -2.23. The van der Waals surface area contributed by atoms with Gasteiger partial charge in [0, 0.05) is 5.69 Å². The Morgan fingerprint density at radius 3 is 2.65 bits per heavy atom. The Morgan fingerprint density at radius 2 is 1.90 bits per heavy atom. The van der Waals surface area contributed by atoms with Gasteiger partial charge in [-0.2, -0.15) is 0 Å². The van der Waals surface area contributed by atoms with Crippen LogP contribution in [-0.2, 0) is 17.8 Å². The first kappa shape index (κ1) is 12.8. The predicted molar refractivity (Wildman–Crippen MR) is 72.4 cm³/mol. The molecule has 4 heteroatoms. The van der Waals surface area contributed by atoms with Crippen LogP contribution in [0.25, 0.3) is 0 Å². The van der Waals surface area contributed by atoms with Crippen molar-refractivity contribution in [2.75, 3.05) is 4.90 Å². The molecule has 1 aliphatic rings. The lowest BCUT2D eigenvalue weighted by atomic mass is 10.1. The van der Waals surface area contributed by atoms with Crippen LogP contribution in [0, 0.1) is 18.6 Å². The first-order valence-corrected chi connectivity index (χ1v) is 6.38. The van der Waals surface area contributed by atoms with E-state index in [-0.39, 0.29) is 12.5 Å². The summed E-state index contributed by atoms with van der Waals surface area (Å²) in [7, 11) is 0. The topological polar surface area (TPSA) is 20.3 Å². The summed E-state index contributed by atoms with van der Waals surface area (Å²) < 4.78 is 26.1. The molecule has 0 N–H and O–H groups in total. The fourth-order valence-corrected chi connectivity index (χ4v) is 2.51.